The summed E-state index contributed by atoms with van der Waals surface area (Å²) in [7, 11) is -3.23. The normalized spacial score (nSPS) is 25.3. The molecular formula is C20H19BrN2O5S. The van der Waals surface area contributed by atoms with Crippen molar-refractivity contribution in [3.8, 4) is 11.5 Å². The lowest BCUT2D eigenvalue weighted by Gasteiger charge is -2.43. The van der Waals surface area contributed by atoms with Gasteiger partial charge in [-0.2, -0.15) is 0 Å². The first kappa shape index (κ1) is 18.9. The molecule has 0 radical (unpaired) electrons. The Morgan fingerprint density at radius 2 is 1.72 bits per heavy atom. The van der Waals surface area contributed by atoms with Gasteiger partial charge in [-0.05, 0) is 42.0 Å². The van der Waals surface area contributed by atoms with Gasteiger partial charge in [-0.1, -0.05) is 22.0 Å². The fraction of sp³-hybridized carbons (Fsp3) is 0.350. The van der Waals surface area contributed by atoms with Crippen molar-refractivity contribution in [1.82, 2.24) is 4.90 Å². The summed E-state index contributed by atoms with van der Waals surface area (Å²) in [5, 5.41) is 0. The van der Waals surface area contributed by atoms with Crippen LogP contribution in [0.5, 0.6) is 11.5 Å². The second kappa shape index (κ2) is 7.00. The number of hydrogen-bond donors (Lipinski definition) is 0. The summed E-state index contributed by atoms with van der Waals surface area (Å²) in [5.41, 5.74) is 1.69. The van der Waals surface area contributed by atoms with Crippen molar-refractivity contribution >= 4 is 37.4 Å². The highest BCUT2D eigenvalue weighted by atomic mass is 79.9. The van der Waals surface area contributed by atoms with Crippen LogP contribution in [0.2, 0.25) is 0 Å². The van der Waals surface area contributed by atoms with Crippen molar-refractivity contribution < 1.29 is 22.7 Å². The van der Waals surface area contributed by atoms with Gasteiger partial charge in [0.1, 0.15) is 0 Å². The predicted molar refractivity (Wildman–Crippen MR) is 111 cm³/mol. The van der Waals surface area contributed by atoms with E-state index in [-0.39, 0.29) is 36.8 Å². The number of carbonyl (C=O) groups is 1. The molecule has 2 fully saturated rings. The Labute approximate surface area is 177 Å². The van der Waals surface area contributed by atoms with E-state index in [1.807, 2.05) is 47.4 Å². The van der Waals surface area contributed by atoms with Gasteiger partial charge in [0, 0.05) is 22.7 Å². The van der Waals surface area contributed by atoms with E-state index in [9.17, 15) is 13.2 Å². The van der Waals surface area contributed by atoms with Crippen LogP contribution in [-0.2, 0) is 21.2 Å². The Hall–Kier alpha value is -2.10. The predicted octanol–water partition coefficient (Wildman–Crippen LogP) is 2.19. The Bertz CT molecular complexity index is 1070. The first-order valence-corrected chi connectivity index (χ1v) is 11.9. The Kier molecular flexibility index (Phi) is 4.56. The number of benzene rings is 2. The number of anilines is 1. The highest BCUT2D eigenvalue weighted by Crippen LogP contribution is 2.35. The van der Waals surface area contributed by atoms with Crippen LogP contribution in [0, 0.1) is 0 Å². The number of piperazine rings is 1. The first-order chi connectivity index (χ1) is 13.9. The van der Waals surface area contributed by atoms with Crippen LogP contribution in [0.1, 0.15) is 5.56 Å². The summed E-state index contributed by atoms with van der Waals surface area (Å²) in [5.74, 6) is 1.33. The fourth-order valence-corrected chi connectivity index (χ4v) is 6.59. The van der Waals surface area contributed by atoms with E-state index < -0.39 is 15.9 Å². The molecule has 1 amide bonds. The average Bonchev–Trinajstić information content (AvgIpc) is 3.26. The lowest BCUT2D eigenvalue weighted by Crippen LogP contribution is -2.61. The van der Waals surface area contributed by atoms with Crippen molar-refractivity contribution in [2.75, 3.05) is 29.7 Å². The van der Waals surface area contributed by atoms with Crippen molar-refractivity contribution in [3.05, 3.63) is 52.5 Å². The van der Waals surface area contributed by atoms with E-state index in [1.54, 1.807) is 4.90 Å². The van der Waals surface area contributed by atoms with E-state index >= 15 is 0 Å². The molecule has 2 saturated heterocycles. The maximum absolute atomic E-state index is 13.1. The van der Waals surface area contributed by atoms with Gasteiger partial charge in [0.25, 0.3) is 0 Å². The topological polar surface area (TPSA) is 76.1 Å². The zero-order valence-electron chi connectivity index (χ0n) is 15.5. The molecule has 2 aromatic rings. The highest BCUT2D eigenvalue weighted by Gasteiger charge is 2.49. The van der Waals surface area contributed by atoms with Crippen LogP contribution in [0.3, 0.4) is 0 Å². The van der Waals surface area contributed by atoms with E-state index in [2.05, 4.69) is 15.9 Å². The number of ether oxygens (including phenoxy) is 2. The summed E-state index contributed by atoms with van der Waals surface area (Å²) in [4.78, 5) is 16.7. The number of nitrogens with zero attached hydrogens (tertiary/aromatic N) is 2. The van der Waals surface area contributed by atoms with Gasteiger partial charge in [0.2, 0.25) is 12.7 Å². The van der Waals surface area contributed by atoms with Crippen molar-refractivity contribution in [3.63, 3.8) is 0 Å². The monoisotopic (exact) mass is 478 g/mol. The van der Waals surface area contributed by atoms with E-state index in [0.717, 1.165) is 15.7 Å². The summed E-state index contributed by atoms with van der Waals surface area (Å²) in [6, 6.07) is 12.4. The van der Waals surface area contributed by atoms with Gasteiger partial charge < -0.3 is 14.4 Å². The molecule has 0 N–H and O–H groups in total. The highest BCUT2D eigenvalue weighted by molar-refractivity contribution is 9.10. The average molecular weight is 479 g/mol. The van der Waals surface area contributed by atoms with Crippen LogP contribution in [-0.4, -0.2) is 56.2 Å². The number of hydrogen-bond acceptors (Lipinski definition) is 6. The van der Waals surface area contributed by atoms with Gasteiger partial charge in [-0.3, -0.25) is 9.69 Å². The number of halogens is 1. The van der Waals surface area contributed by atoms with Crippen molar-refractivity contribution in [1.29, 1.82) is 0 Å². The second-order valence-corrected chi connectivity index (χ2v) is 10.6. The SMILES string of the molecule is O=C1CN(Cc2ccc3c(c2)OCO3)[C@H]2CS(=O)(=O)C[C@@H]2N1c1ccc(Br)cc1. The van der Waals surface area contributed by atoms with Crippen LogP contribution in [0.15, 0.2) is 46.9 Å². The Balaban J connectivity index is 1.45. The van der Waals surface area contributed by atoms with Gasteiger partial charge in [0.15, 0.2) is 21.3 Å². The molecule has 2 atom stereocenters. The van der Waals surface area contributed by atoms with Gasteiger partial charge in [0.05, 0.1) is 24.1 Å². The second-order valence-electron chi connectivity index (χ2n) is 7.54. The maximum Gasteiger partial charge on any atom is 0.241 e. The Morgan fingerprint density at radius 1 is 1.00 bits per heavy atom. The molecule has 29 heavy (non-hydrogen) atoms. The molecular weight excluding hydrogens is 460 g/mol. The first-order valence-electron chi connectivity index (χ1n) is 9.30. The molecule has 0 spiro atoms. The minimum Gasteiger partial charge on any atom is -0.454 e. The Morgan fingerprint density at radius 3 is 2.52 bits per heavy atom. The number of rotatable bonds is 3. The van der Waals surface area contributed by atoms with Crippen LogP contribution in [0.4, 0.5) is 5.69 Å². The van der Waals surface area contributed by atoms with Gasteiger partial charge >= 0.3 is 0 Å². The quantitative estimate of drug-likeness (QED) is 0.672. The lowest BCUT2D eigenvalue weighted by molar-refractivity contribution is -0.123. The van der Waals surface area contributed by atoms with E-state index in [1.165, 1.54) is 0 Å². The third kappa shape index (κ3) is 3.51. The fourth-order valence-electron chi connectivity index (χ4n) is 4.34. The molecule has 9 heteroatoms. The standard InChI is InChI=1S/C20H19BrN2O5S/c21-14-2-4-15(5-3-14)23-17-11-29(25,26)10-16(17)22(9-20(23)24)8-13-1-6-18-19(7-13)28-12-27-18/h1-7,16-17H,8-12H2/t16-,17-/m0/s1. The molecule has 0 aromatic heterocycles. The molecule has 5 rings (SSSR count). The summed E-state index contributed by atoms with van der Waals surface area (Å²) in [6.45, 7) is 0.848. The molecule has 3 aliphatic heterocycles. The lowest BCUT2D eigenvalue weighted by atomic mass is 10.0. The van der Waals surface area contributed by atoms with Gasteiger partial charge in [-0.15, -0.1) is 0 Å². The number of amides is 1. The van der Waals surface area contributed by atoms with Crippen LogP contribution in [0.25, 0.3) is 0 Å². The zero-order valence-corrected chi connectivity index (χ0v) is 17.9. The van der Waals surface area contributed by atoms with Gasteiger partial charge in [-0.25, -0.2) is 8.42 Å². The zero-order chi connectivity index (χ0) is 20.2. The third-order valence-corrected chi connectivity index (χ3v) is 7.86. The molecule has 152 valence electrons. The molecule has 7 nitrogen and oxygen atoms in total. The molecule has 3 aliphatic rings. The third-order valence-electron chi connectivity index (χ3n) is 5.63. The molecule has 0 unspecified atom stereocenters. The summed E-state index contributed by atoms with van der Waals surface area (Å²) in [6.07, 6.45) is 0. The van der Waals surface area contributed by atoms with Crippen molar-refractivity contribution in [2.24, 2.45) is 0 Å². The van der Waals surface area contributed by atoms with Crippen molar-refractivity contribution in [2.45, 2.75) is 18.6 Å². The summed E-state index contributed by atoms with van der Waals surface area (Å²) >= 11 is 3.40. The smallest absolute Gasteiger partial charge is 0.241 e. The molecule has 2 aromatic carbocycles. The number of carbonyl (C=O) groups excluding carboxylic acids is 1. The minimum absolute atomic E-state index is 0.0168. The van der Waals surface area contributed by atoms with Crippen LogP contribution >= 0.6 is 15.9 Å². The minimum atomic E-state index is -3.23. The number of fused-ring (bicyclic) bond motifs is 2. The van der Waals surface area contributed by atoms with E-state index in [4.69, 9.17) is 9.47 Å². The van der Waals surface area contributed by atoms with E-state index in [0.29, 0.717) is 18.0 Å². The molecule has 0 bridgehead atoms. The largest absolute Gasteiger partial charge is 0.454 e. The molecule has 0 aliphatic carbocycles. The molecule has 3 heterocycles. The van der Waals surface area contributed by atoms with Crippen LogP contribution < -0.4 is 14.4 Å². The number of sulfone groups is 1. The maximum atomic E-state index is 13.1. The molecule has 0 saturated carbocycles. The summed E-state index contributed by atoms with van der Waals surface area (Å²) < 4.78 is 36.6.